The first-order chi connectivity index (χ1) is 10.9. The van der Waals surface area contributed by atoms with E-state index in [0.29, 0.717) is 18.3 Å². The Kier molecular flexibility index (Phi) is 2.77. The molecule has 3 aliphatic carbocycles. The van der Waals surface area contributed by atoms with Gasteiger partial charge >= 0.3 is 6.18 Å². The van der Waals surface area contributed by atoms with Gasteiger partial charge in [-0.05, 0) is 49.7 Å². The van der Waals surface area contributed by atoms with Gasteiger partial charge in [0.15, 0.2) is 11.2 Å². The summed E-state index contributed by atoms with van der Waals surface area (Å²) in [6.45, 7) is 0. The predicted molar refractivity (Wildman–Crippen MR) is 74.0 cm³/mol. The molecule has 0 unspecified atom stereocenters. The van der Waals surface area contributed by atoms with Crippen molar-refractivity contribution in [2.45, 2.75) is 43.7 Å². The van der Waals surface area contributed by atoms with Crippen LogP contribution in [0.15, 0.2) is 18.3 Å². The van der Waals surface area contributed by atoms with Crippen molar-refractivity contribution in [1.29, 1.82) is 5.26 Å². The molecule has 0 bridgehead atoms. The van der Waals surface area contributed by atoms with Crippen LogP contribution in [0.2, 0.25) is 0 Å². The number of nitrogens with zero attached hydrogens (tertiary/aromatic N) is 2. The Morgan fingerprint density at radius 2 is 1.78 bits per heavy atom. The maximum Gasteiger partial charge on any atom is 0.417 e. The molecule has 4 rings (SSSR count). The van der Waals surface area contributed by atoms with Crippen LogP contribution in [0.25, 0.3) is 0 Å². The van der Waals surface area contributed by atoms with Crippen molar-refractivity contribution >= 4 is 5.78 Å². The minimum Gasteiger partial charge on any atom is -0.297 e. The van der Waals surface area contributed by atoms with Gasteiger partial charge in [-0.2, -0.15) is 18.4 Å². The monoisotopic (exact) mass is 320 g/mol. The Hall–Kier alpha value is -1.90. The molecule has 0 aromatic carbocycles. The zero-order valence-electron chi connectivity index (χ0n) is 12.4. The fourth-order valence-corrected chi connectivity index (χ4v) is 4.50. The van der Waals surface area contributed by atoms with Gasteiger partial charge in [-0.1, -0.05) is 0 Å². The van der Waals surface area contributed by atoms with Crippen molar-refractivity contribution in [1.82, 2.24) is 4.98 Å². The molecule has 0 amide bonds. The summed E-state index contributed by atoms with van der Waals surface area (Å²) in [5, 5.41) is 9.85. The van der Waals surface area contributed by atoms with Gasteiger partial charge in [-0.25, -0.2) is 0 Å². The van der Waals surface area contributed by atoms with Crippen molar-refractivity contribution in [3.63, 3.8) is 0 Å². The SMILES string of the molecule is N#C[C@@]1(c2ccc(C(F)(F)F)cn2)C(=O)CC1(C1CC1)C1CC1. The maximum absolute atomic E-state index is 12.7. The molecular weight excluding hydrogens is 305 g/mol. The van der Waals surface area contributed by atoms with E-state index in [-0.39, 0.29) is 11.5 Å². The Labute approximate surface area is 131 Å². The fourth-order valence-electron chi connectivity index (χ4n) is 4.50. The summed E-state index contributed by atoms with van der Waals surface area (Å²) in [6.07, 6.45) is 0.617. The van der Waals surface area contributed by atoms with Gasteiger partial charge in [0.05, 0.1) is 17.3 Å². The van der Waals surface area contributed by atoms with Gasteiger partial charge in [-0.3, -0.25) is 9.78 Å². The summed E-state index contributed by atoms with van der Waals surface area (Å²) in [6, 6.07) is 4.33. The number of hydrogen-bond acceptors (Lipinski definition) is 3. The van der Waals surface area contributed by atoms with Crippen LogP contribution in [0.5, 0.6) is 0 Å². The Morgan fingerprint density at radius 1 is 1.17 bits per heavy atom. The van der Waals surface area contributed by atoms with Crippen LogP contribution in [0.1, 0.15) is 43.4 Å². The lowest BCUT2D eigenvalue weighted by atomic mass is 9.43. The van der Waals surface area contributed by atoms with Crippen LogP contribution in [-0.2, 0) is 16.4 Å². The van der Waals surface area contributed by atoms with E-state index in [1.54, 1.807) is 0 Å². The van der Waals surface area contributed by atoms with E-state index in [2.05, 4.69) is 11.1 Å². The van der Waals surface area contributed by atoms with E-state index < -0.39 is 22.6 Å². The lowest BCUT2D eigenvalue weighted by molar-refractivity contribution is -0.148. The number of aromatic nitrogens is 1. The van der Waals surface area contributed by atoms with Crippen molar-refractivity contribution in [3.8, 4) is 6.07 Å². The molecule has 1 atom stereocenters. The molecule has 0 radical (unpaired) electrons. The van der Waals surface area contributed by atoms with E-state index >= 15 is 0 Å². The number of carbonyl (C=O) groups excluding carboxylic acids is 1. The first-order valence-corrected chi connectivity index (χ1v) is 7.84. The van der Waals surface area contributed by atoms with Gasteiger partial charge in [-0.15, -0.1) is 0 Å². The number of hydrogen-bond donors (Lipinski definition) is 0. The first-order valence-electron chi connectivity index (χ1n) is 7.84. The molecule has 1 aromatic heterocycles. The van der Waals surface area contributed by atoms with Crippen molar-refractivity contribution in [2.24, 2.45) is 17.3 Å². The van der Waals surface area contributed by atoms with Crippen LogP contribution >= 0.6 is 0 Å². The van der Waals surface area contributed by atoms with E-state index in [1.165, 1.54) is 6.07 Å². The Morgan fingerprint density at radius 3 is 2.13 bits per heavy atom. The zero-order chi connectivity index (χ0) is 16.5. The smallest absolute Gasteiger partial charge is 0.297 e. The molecule has 0 N–H and O–H groups in total. The number of pyridine rings is 1. The Balaban J connectivity index is 1.80. The number of carbonyl (C=O) groups is 1. The standard InChI is InChI=1S/C17H15F3N2O/c18-17(19,20)12-5-6-13(22-8-12)16(9-21)14(23)7-15(16,10-1-2-10)11-3-4-11/h5-6,8,10-11H,1-4,7H2/t16-/m1/s1. The number of nitriles is 1. The summed E-state index contributed by atoms with van der Waals surface area (Å²) in [5.41, 5.74) is -2.40. The molecule has 1 heterocycles. The molecule has 6 heteroatoms. The van der Waals surface area contributed by atoms with Crippen LogP contribution in [0.3, 0.4) is 0 Å². The highest BCUT2D eigenvalue weighted by Crippen LogP contribution is 2.73. The average Bonchev–Trinajstić information content (AvgIpc) is 3.38. The third-order valence-electron chi connectivity index (χ3n) is 5.82. The fraction of sp³-hybridized carbons (Fsp3) is 0.588. The summed E-state index contributed by atoms with van der Waals surface area (Å²) in [4.78, 5) is 16.4. The van der Waals surface area contributed by atoms with Crippen molar-refractivity contribution in [2.75, 3.05) is 0 Å². The first kappa shape index (κ1) is 14.7. The molecule has 3 fully saturated rings. The Bertz CT molecular complexity index is 699. The largest absolute Gasteiger partial charge is 0.417 e. The molecule has 3 aliphatic rings. The van der Waals surface area contributed by atoms with Gasteiger partial charge in [0.1, 0.15) is 0 Å². The third-order valence-corrected chi connectivity index (χ3v) is 5.82. The molecule has 0 spiro atoms. The topological polar surface area (TPSA) is 53.8 Å². The highest BCUT2D eigenvalue weighted by atomic mass is 19.4. The summed E-state index contributed by atoms with van der Waals surface area (Å²) in [5.74, 6) is 0.471. The molecule has 0 saturated heterocycles. The highest BCUT2D eigenvalue weighted by Gasteiger charge is 2.76. The number of alkyl halides is 3. The average molecular weight is 320 g/mol. The van der Waals surface area contributed by atoms with Gasteiger partial charge in [0.2, 0.25) is 0 Å². The molecule has 1 aromatic rings. The quantitative estimate of drug-likeness (QED) is 0.854. The molecule has 120 valence electrons. The summed E-state index contributed by atoms with van der Waals surface area (Å²) in [7, 11) is 0. The minimum atomic E-state index is -4.47. The lowest BCUT2D eigenvalue weighted by Gasteiger charge is -2.54. The number of Topliss-reactive ketones (excluding diaryl/α,β-unsaturated/α-hetero) is 1. The highest BCUT2D eigenvalue weighted by molar-refractivity contribution is 6.01. The number of rotatable bonds is 3. The van der Waals surface area contributed by atoms with Crippen molar-refractivity contribution in [3.05, 3.63) is 29.6 Å². The normalized spacial score (nSPS) is 29.7. The zero-order valence-corrected chi connectivity index (χ0v) is 12.4. The van der Waals surface area contributed by atoms with E-state index in [0.717, 1.165) is 37.9 Å². The van der Waals surface area contributed by atoms with Gasteiger partial charge in [0, 0.05) is 18.0 Å². The summed E-state index contributed by atoms with van der Waals surface area (Å²) < 4.78 is 38.2. The van der Waals surface area contributed by atoms with Crippen LogP contribution in [0, 0.1) is 28.6 Å². The minimum absolute atomic E-state index is 0.189. The van der Waals surface area contributed by atoms with Crippen LogP contribution in [0.4, 0.5) is 13.2 Å². The third kappa shape index (κ3) is 1.76. The number of halogens is 3. The van der Waals surface area contributed by atoms with E-state index in [1.807, 2.05) is 0 Å². The predicted octanol–water partition coefficient (Wildman–Crippen LogP) is 3.64. The summed E-state index contributed by atoms with van der Waals surface area (Å²) >= 11 is 0. The molecule has 23 heavy (non-hydrogen) atoms. The number of ketones is 1. The lowest BCUT2D eigenvalue weighted by Crippen LogP contribution is -2.64. The van der Waals surface area contributed by atoms with E-state index in [4.69, 9.17) is 0 Å². The van der Waals surface area contributed by atoms with E-state index in [9.17, 15) is 23.2 Å². The van der Waals surface area contributed by atoms with Crippen molar-refractivity contribution < 1.29 is 18.0 Å². The maximum atomic E-state index is 12.7. The molecule has 3 nitrogen and oxygen atoms in total. The molecule has 0 aliphatic heterocycles. The van der Waals surface area contributed by atoms with Crippen LogP contribution in [-0.4, -0.2) is 10.8 Å². The molecule has 3 saturated carbocycles. The van der Waals surface area contributed by atoms with Crippen LogP contribution < -0.4 is 0 Å². The second kappa shape index (κ2) is 4.34. The second-order valence-corrected chi connectivity index (χ2v) is 6.98. The van der Waals surface area contributed by atoms with Gasteiger partial charge < -0.3 is 0 Å². The second-order valence-electron chi connectivity index (χ2n) is 6.98. The van der Waals surface area contributed by atoms with Gasteiger partial charge in [0.25, 0.3) is 0 Å². The molecular formula is C17H15F3N2O.